The maximum atomic E-state index is 14.4. The topological polar surface area (TPSA) is 158 Å². The fourth-order valence-corrected chi connectivity index (χ4v) is 6.40. The van der Waals surface area contributed by atoms with Crippen molar-refractivity contribution >= 4 is 24.5 Å². The molecule has 0 saturated carbocycles. The Labute approximate surface area is 254 Å². The average molecular weight is 636 g/mol. The zero-order valence-electron chi connectivity index (χ0n) is 24.9. The second kappa shape index (κ2) is 15.1. The van der Waals surface area contributed by atoms with Crippen molar-refractivity contribution in [3.63, 3.8) is 0 Å². The molecule has 240 valence electrons. The number of rotatable bonds is 15. The highest BCUT2D eigenvalue weighted by molar-refractivity contribution is 7.52. The van der Waals surface area contributed by atoms with Crippen LogP contribution in [0.3, 0.4) is 0 Å². The Kier molecular flexibility index (Phi) is 11.5. The number of unbranched alkanes of at least 4 members (excludes halogenated alkanes) is 2. The van der Waals surface area contributed by atoms with E-state index < -0.39 is 61.9 Å². The van der Waals surface area contributed by atoms with Gasteiger partial charge in [0.1, 0.15) is 24.1 Å². The van der Waals surface area contributed by atoms with Crippen LogP contribution in [-0.2, 0) is 23.4 Å². The van der Waals surface area contributed by atoms with Gasteiger partial charge in [-0.25, -0.2) is 9.36 Å². The summed E-state index contributed by atoms with van der Waals surface area (Å²) in [5, 5.41) is 14.9. The number of halogens is 1. The first kappa shape index (κ1) is 33.5. The van der Waals surface area contributed by atoms with Crippen LogP contribution in [0.25, 0.3) is 10.8 Å². The van der Waals surface area contributed by atoms with E-state index in [0.29, 0.717) is 18.0 Å². The predicted octanol–water partition coefficient (Wildman–Crippen LogP) is 4.42. The maximum Gasteiger partial charge on any atom is 0.459 e. The first-order chi connectivity index (χ1) is 21.0. The van der Waals surface area contributed by atoms with Crippen LogP contribution in [0.15, 0.2) is 58.3 Å². The molecule has 3 N–H and O–H groups in total. The van der Waals surface area contributed by atoms with Crippen molar-refractivity contribution in [2.24, 2.45) is 5.92 Å². The third-order valence-electron chi connectivity index (χ3n) is 7.11. The van der Waals surface area contributed by atoms with Crippen LogP contribution in [-0.4, -0.2) is 52.1 Å². The molecule has 0 radical (unpaired) electrons. The van der Waals surface area contributed by atoms with Crippen molar-refractivity contribution < 1.29 is 37.4 Å². The fourth-order valence-electron chi connectivity index (χ4n) is 4.87. The van der Waals surface area contributed by atoms with Crippen molar-refractivity contribution in [2.45, 2.75) is 77.4 Å². The molecule has 0 bridgehead atoms. The molecule has 3 aromatic rings. The molecule has 44 heavy (non-hydrogen) atoms. The zero-order chi connectivity index (χ0) is 31.9. The molecule has 12 nitrogen and oxygen atoms in total. The number of aliphatic hydroxyl groups excluding tert-OH is 1. The van der Waals surface area contributed by atoms with Gasteiger partial charge in [-0.1, -0.05) is 70.0 Å². The molecule has 2 heterocycles. The summed E-state index contributed by atoms with van der Waals surface area (Å²) < 4.78 is 52.1. The van der Waals surface area contributed by atoms with Crippen molar-refractivity contribution in [3.05, 3.63) is 75.3 Å². The molecule has 1 aromatic heterocycles. The summed E-state index contributed by atoms with van der Waals surface area (Å²) in [6.45, 7) is 5.58. The largest absolute Gasteiger partial charge is 0.465 e. The van der Waals surface area contributed by atoms with E-state index in [9.17, 15) is 28.4 Å². The number of H-pyrrole nitrogens is 1. The Bertz CT molecular complexity index is 1590. The minimum absolute atomic E-state index is 0.0125. The number of fused-ring (bicyclic) bond motifs is 1. The average Bonchev–Trinajstić information content (AvgIpc) is 3.35. The highest BCUT2D eigenvalue weighted by atomic mass is 31.2. The second-order valence-corrected chi connectivity index (χ2v) is 12.8. The summed E-state index contributed by atoms with van der Waals surface area (Å²) in [4.78, 5) is 38.6. The van der Waals surface area contributed by atoms with Crippen LogP contribution in [0.1, 0.15) is 59.1 Å². The lowest BCUT2D eigenvalue weighted by Crippen LogP contribution is -2.39. The van der Waals surface area contributed by atoms with Crippen LogP contribution in [0.4, 0.5) is 4.39 Å². The van der Waals surface area contributed by atoms with Crippen LogP contribution < -0.4 is 20.9 Å². The molecule has 5 atom stereocenters. The normalized spacial score (nSPS) is 20.5. The number of aliphatic hydroxyl groups is 1. The third kappa shape index (κ3) is 8.64. The number of hydrogen-bond donors (Lipinski definition) is 3. The Morgan fingerprint density at radius 1 is 1.20 bits per heavy atom. The smallest absolute Gasteiger partial charge is 0.459 e. The molecular weight excluding hydrogens is 596 g/mol. The lowest BCUT2D eigenvalue weighted by Gasteiger charge is -2.27. The van der Waals surface area contributed by atoms with Crippen LogP contribution in [0.2, 0.25) is 0 Å². The first-order valence-electron chi connectivity index (χ1n) is 14.7. The minimum atomic E-state index is -4.37. The summed E-state index contributed by atoms with van der Waals surface area (Å²) in [6.07, 6.45) is -0.0844. The molecule has 1 saturated heterocycles. The fraction of sp³-hybridized carbons (Fsp3) is 0.500. The molecule has 2 unspecified atom stereocenters. The van der Waals surface area contributed by atoms with Crippen LogP contribution in [0.5, 0.6) is 5.75 Å². The van der Waals surface area contributed by atoms with Crippen molar-refractivity contribution in [1.82, 2.24) is 14.6 Å². The standard InChI is InChI=1S/C30H39FN3O9P/c1-4-5-8-14-40-29(37)23(15-19(2)3)33-44(39,43-25-13-9-11-20-10-6-7-12-21(20)25)41-18-26-24(35)16-27(42-26)34-17-22(31)28(36)32-30(34)38/h6-7,9-13,17,19,23-24,26-27,35H,4-5,8,14-16,18H2,1-3H3,(H,33,39)(H,32,36,38)/t23-,24?,26+,27+,44?/m0/s1. The lowest BCUT2D eigenvalue weighted by molar-refractivity contribution is -0.146. The summed E-state index contributed by atoms with van der Waals surface area (Å²) in [7, 11) is -4.37. The number of ether oxygens (including phenoxy) is 2. The Balaban J connectivity index is 1.57. The molecule has 14 heteroatoms. The van der Waals surface area contributed by atoms with Crippen LogP contribution >= 0.6 is 7.75 Å². The van der Waals surface area contributed by atoms with Crippen LogP contribution in [0, 0.1) is 11.7 Å². The van der Waals surface area contributed by atoms with E-state index in [4.69, 9.17) is 18.5 Å². The highest BCUT2D eigenvalue weighted by Crippen LogP contribution is 2.48. The van der Waals surface area contributed by atoms with Gasteiger partial charge in [0, 0.05) is 11.8 Å². The van der Waals surface area contributed by atoms with E-state index >= 15 is 0 Å². The van der Waals surface area contributed by atoms with Crippen molar-refractivity contribution in [3.8, 4) is 5.75 Å². The summed E-state index contributed by atoms with van der Waals surface area (Å²) in [5.74, 6) is -1.55. The summed E-state index contributed by atoms with van der Waals surface area (Å²) >= 11 is 0. The summed E-state index contributed by atoms with van der Waals surface area (Å²) in [6, 6.07) is 11.5. The van der Waals surface area contributed by atoms with E-state index in [1.54, 1.807) is 24.3 Å². The molecule has 1 aliphatic rings. The number of carbonyl (C=O) groups excluding carboxylic acids is 1. The number of aromatic nitrogens is 2. The van der Waals surface area contributed by atoms with Gasteiger partial charge >= 0.3 is 19.4 Å². The number of esters is 1. The van der Waals surface area contributed by atoms with Gasteiger partial charge in [0.25, 0.3) is 5.56 Å². The van der Waals surface area contributed by atoms with Gasteiger partial charge in [0.15, 0.2) is 0 Å². The second-order valence-electron chi connectivity index (χ2n) is 11.1. The van der Waals surface area contributed by atoms with Gasteiger partial charge in [-0.15, -0.1) is 0 Å². The molecule has 2 aromatic carbocycles. The number of aromatic amines is 1. The van der Waals surface area contributed by atoms with Gasteiger partial charge in [0.2, 0.25) is 5.82 Å². The maximum absolute atomic E-state index is 14.4. The molecule has 4 rings (SSSR count). The number of benzene rings is 2. The molecule has 1 fully saturated rings. The SMILES string of the molecule is CCCCCOC(=O)[C@H](CC(C)C)NP(=O)(OC[C@H]1O[C@@H](n2cc(F)c(=O)[nH]c2=O)CC1O)Oc1cccc2ccccc12. The minimum Gasteiger partial charge on any atom is -0.465 e. The predicted molar refractivity (Wildman–Crippen MR) is 161 cm³/mol. The lowest BCUT2D eigenvalue weighted by atomic mass is 10.1. The van der Waals surface area contributed by atoms with E-state index in [-0.39, 0.29) is 31.1 Å². The Hall–Kier alpha value is -3.35. The monoisotopic (exact) mass is 635 g/mol. The number of hydrogen-bond acceptors (Lipinski definition) is 9. The quantitative estimate of drug-likeness (QED) is 0.124. The van der Waals surface area contributed by atoms with Gasteiger partial charge in [0.05, 0.1) is 25.5 Å². The number of nitrogens with zero attached hydrogens (tertiary/aromatic N) is 1. The van der Waals surface area contributed by atoms with E-state index in [1.807, 2.05) is 44.0 Å². The van der Waals surface area contributed by atoms with Gasteiger partial charge in [-0.05, 0) is 30.2 Å². The van der Waals surface area contributed by atoms with Crippen molar-refractivity contribution in [1.29, 1.82) is 0 Å². The molecule has 0 aliphatic carbocycles. The van der Waals surface area contributed by atoms with Gasteiger partial charge < -0.3 is 19.1 Å². The van der Waals surface area contributed by atoms with E-state index in [2.05, 4.69) is 5.09 Å². The molecular formula is C30H39FN3O9P. The van der Waals surface area contributed by atoms with E-state index in [1.165, 1.54) is 0 Å². The molecule has 0 spiro atoms. The summed E-state index contributed by atoms with van der Waals surface area (Å²) in [5.41, 5.74) is -2.10. The Morgan fingerprint density at radius 2 is 1.95 bits per heavy atom. The van der Waals surface area contributed by atoms with Gasteiger partial charge in [-0.3, -0.25) is 23.7 Å². The third-order valence-corrected chi connectivity index (χ3v) is 8.67. The van der Waals surface area contributed by atoms with Gasteiger partial charge in [-0.2, -0.15) is 9.48 Å². The molecule has 0 amide bonds. The first-order valence-corrected chi connectivity index (χ1v) is 16.2. The zero-order valence-corrected chi connectivity index (χ0v) is 25.8. The van der Waals surface area contributed by atoms with Crippen molar-refractivity contribution in [2.75, 3.05) is 13.2 Å². The molecule has 1 aliphatic heterocycles. The number of nitrogens with one attached hydrogen (secondary N) is 2. The van der Waals surface area contributed by atoms with E-state index in [0.717, 1.165) is 22.8 Å². The number of carbonyl (C=O) groups is 1. The highest BCUT2D eigenvalue weighted by Gasteiger charge is 2.40. The Morgan fingerprint density at radius 3 is 2.70 bits per heavy atom.